The minimum absolute atomic E-state index is 0.333. The lowest BCUT2D eigenvalue weighted by Gasteiger charge is -2.38. The molecule has 0 atom stereocenters. The number of ether oxygens (including phenoxy) is 2. The van der Waals surface area contributed by atoms with E-state index in [0.29, 0.717) is 13.2 Å². The molecule has 1 saturated heterocycles. The van der Waals surface area contributed by atoms with E-state index in [-0.39, 0.29) is 11.2 Å². The van der Waals surface area contributed by atoms with Gasteiger partial charge in [-0.3, -0.25) is 0 Å². The smallest absolute Gasteiger partial charge is 0.168 e. The summed E-state index contributed by atoms with van der Waals surface area (Å²) in [6, 6.07) is 0. The Morgan fingerprint density at radius 1 is 1.07 bits per heavy atom. The molecule has 0 aromatic carbocycles. The molecule has 0 N–H and O–H groups in total. The first-order valence-corrected chi connectivity index (χ1v) is 5.12. The molecule has 1 saturated carbocycles. The Morgan fingerprint density at radius 2 is 1.64 bits per heavy atom. The third kappa shape index (κ3) is 1.51. The summed E-state index contributed by atoms with van der Waals surface area (Å²) < 4.78 is 11.2. The van der Waals surface area contributed by atoms with Gasteiger partial charge in [-0.05, 0) is 12.8 Å². The van der Waals surface area contributed by atoms with Gasteiger partial charge in [0.2, 0.25) is 0 Å². The van der Waals surface area contributed by atoms with Crippen LogP contribution in [0.15, 0.2) is 12.7 Å². The topological polar surface area (TPSA) is 35.5 Å². The Hall–Kier alpha value is -0.670. The first-order valence-electron chi connectivity index (χ1n) is 5.12. The van der Waals surface area contributed by atoms with Gasteiger partial charge in [0.05, 0.1) is 13.2 Å². The van der Waals surface area contributed by atoms with Gasteiger partial charge in [-0.1, -0.05) is 6.08 Å². The summed E-state index contributed by atoms with van der Waals surface area (Å²) in [5, 5.41) is 0. The average molecular weight is 196 g/mol. The van der Waals surface area contributed by atoms with E-state index in [1.165, 1.54) is 0 Å². The molecular weight excluding hydrogens is 180 g/mol. The molecule has 1 heterocycles. The third-order valence-corrected chi connectivity index (χ3v) is 3.40. The van der Waals surface area contributed by atoms with E-state index in [9.17, 15) is 4.79 Å². The number of rotatable bonds is 2. The van der Waals surface area contributed by atoms with Crippen LogP contribution < -0.4 is 0 Å². The lowest BCUT2D eigenvalue weighted by Crippen LogP contribution is -2.39. The van der Waals surface area contributed by atoms with Crippen LogP contribution in [-0.4, -0.2) is 25.3 Å². The molecule has 1 aliphatic heterocycles. The van der Waals surface area contributed by atoms with Crippen molar-refractivity contribution < 1.29 is 14.3 Å². The van der Waals surface area contributed by atoms with Crippen molar-refractivity contribution >= 4 is 6.29 Å². The SMILES string of the molecule is C=CC1(C=O)CCC2(CC1)OCCO2. The van der Waals surface area contributed by atoms with Crippen molar-refractivity contribution in [2.75, 3.05) is 13.2 Å². The summed E-state index contributed by atoms with van der Waals surface area (Å²) in [5.74, 6) is -0.379. The van der Waals surface area contributed by atoms with E-state index in [2.05, 4.69) is 6.58 Å². The molecule has 1 spiro atoms. The molecular formula is C11H16O3. The number of hydrogen-bond donors (Lipinski definition) is 0. The third-order valence-electron chi connectivity index (χ3n) is 3.40. The monoisotopic (exact) mass is 196 g/mol. The van der Waals surface area contributed by atoms with Crippen LogP contribution in [-0.2, 0) is 14.3 Å². The summed E-state index contributed by atoms with van der Waals surface area (Å²) in [5.41, 5.74) is -0.333. The molecule has 2 rings (SSSR count). The van der Waals surface area contributed by atoms with Gasteiger partial charge >= 0.3 is 0 Å². The van der Waals surface area contributed by atoms with E-state index < -0.39 is 0 Å². The standard InChI is InChI=1S/C11H16O3/c1-2-10(9-12)3-5-11(6-4-10)13-7-8-14-11/h2,9H,1,3-8H2. The van der Waals surface area contributed by atoms with Crippen LogP contribution in [0, 0.1) is 5.41 Å². The number of carbonyl (C=O) groups excluding carboxylic acids is 1. The number of aldehydes is 1. The van der Waals surface area contributed by atoms with Crippen molar-refractivity contribution in [3.8, 4) is 0 Å². The van der Waals surface area contributed by atoms with Crippen molar-refractivity contribution in [2.24, 2.45) is 5.41 Å². The van der Waals surface area contributed by atoms with Crippen LogP contribution in [0.1, 0.15) is 25.7 Å². The van der Waals surface area contributed by atoms with Crippen LogP contribution in [0.5, 0.6) is 0 Å². The number of hydrogen-bond acceptors (Lipinski definition) is 3. The van der Waals surface area contributed by atoms with Crippen molar-refractivity contribution in [1.82, 2.24) is 0 Å². The van der Waals surface area contributed by atoms with E-state index >= 15 is 0 Å². The number of carbonyl (C=O) groups is 1. The highest BCUT2D eigenvalue weighted by Crippen LogP contribution is 2.44. The van der Waals surface area contributed by atoms with Gasteiger partial charge in [-0.15, -0.1) is 6.58 Å². The lowest BCUT2D eigenvalue weighted by molar-refractivity contribution is -0.187. The molecule has 1 aliphatic carbocycles. The van der Waals surface area contributed by atoms with Gasteiger partial charge in [-0.25, -0.2) is 0 Å². The Morgan fingerprint density at radius 3 is 2.07 bits per heavy atom. The Kier molecular flexibility index (Phi) is 2.45. The predicted molar refractivity (Wildman–Crippen MR) is 51.8 cm³/mol. The normalized spacial score (nSPS) is 28.9. The summed E-state index contributed by atoms with van der Waals surface area (Å²) in [6.45, 7) is 5.09. The minimum atomic E-state index is -0.379. The largest absolute Gasteiger partial charge is 0.348 e. The second kappa shape index (κ2) is 3.48. The Bertz CT molecular complexity index is 221. The second-order valence-corrected chi connectivity index (χ2v) is 4.16. The van der Waals surface area contributed by atoms with Crippen molar-refractivity contribution in [2.45, 2.75) is 31.5 Å². The summed E-state index contributed by atoms with van der Waals surface area (Å²) in [4.78, 5) is 11.0. The highest BCUT2D eigenvalue weighted by Gasteiger charge is 2.44. The fraction of sp³-hybridized carbons (Fsp3) is 0.727. The average Bonchev–Trinajstić information content (AvgIpc) is 2.69. The molecule has 0 aromatic rings. The first kappa shape index (κ1) is 9.87. The minimum Gasteiger partial charge on any atom is -0.348 e. The molecule has 2 fully saturated rings. The summed E-state index contributed by atoms with van der Waals surface area (Å²) >= 11 is 0. The zero-order chi connectivity index (χ0) is 10.1. The van der Waals surface area contributed by atoms with Gasteiger partial charge in [0.1, 0.15) is 6.29 Å². The second-order valence-electron chi connectivity index (χ2n) is 4.16. The zero-order valence-corrected chi connectivity index (χ0v) is 8.33. The molecule has 3 heteroatoms. The first-order chi connectivity index (χ1) is 6.74. The Labute approximate surface area is 84.1 Å². The molecule has 14 heavy (non-hydrogen) atoms. The van der Waals surface area contributed by atoms with Crippen LogP contribution >= 0.6 is 0 Å². The quantitative estimate of drug-likeness (QED) is 0.498. The summed E-state index contributed by atoms with van der Waals surface area (Å²) in [7, 11) is 0. The molecule has 3 nitrogen and oxygen atoms in total. The van der Waals surface area contributed by atoms with Gasteiger partial charge in [-0.2, -0.15) is 0 Å². The van der Waals surface area contributed by atoms with Gasteiger partial charge in [0, 0.05) is 18.3 Å². The Balaban J connectivity index is 2.03. The highest BCUT2D eigenvalue weighted by atomic mass is 16.7. The van der Waals surface area contributed by atoms with Crippen molar-refractivity contribution in [1.29, 1.82) is 0 Å². The lowest BCUT2D eigenvalue weighted by atomic mass is 9.73. The van der Waals surface area contributed by atoms with Gasteiger partial charge < -0.3 is 14.3 Å². The maximum absolute atomic E-state index is 11.0. The van der Waals surface area contributed by atoms with Crippen LogP contribution in [0.3, 0.4) is 0 Å². The van der Waals surface area contributed by atoms with Crippen LogP contribution in [0.2, 0.25) is 0 Å². The molecule has 0 amide bonds. The van der Waals surface area contributed by atoms with Crippen LogP contribution in [0.4, 0.5) is 0 Å². The van der Waals surface area contributed by atoms with E-state index in [1.807, 2.05) is 0 Å². The molecule has 0 radical (unpaired) electrons. The fourth-order valence-electron chi connectivity index (χ4n) is 2.25. The molecule has 0 unspecified atom stereocenters. The van der Waals surface area contributed by atoms with Crippen molar-refractivity contribution in [3.63, 3.8) is 0 Å². The predicted octanol–water partition coefficient (Wildman–Crippen LogP) is 1.67. The zero-order valence-electron chi connectivity index (χ0n) is 8.33. The number of allylic oxidation sites excluding steroid dienone is 1. The van der Waals surface area contributed by atoms with Crippen molar-refractivity contribution in [3.05, 3.63) is 12.7 Å². The van der Waals surface area contributed by atoms with Gasteiger partial charge in [0.25, 0.3) is 0 Å². The summed E-state index contributed by atoms with van der Waals surface area (Å²) in [6.07, 6.45) is 5.97. The van der Waals surface area contributed by atoms with Crippen LogP contribution in [0.25, 0.3) is 0 Å². The molecule has 2 aliphatic rings. The molecule has 0 aromatic heterocycles. The molecule has 0 bridgehead atoms. The highest BCUT2D eigenvalue weighted by molar-refractivity contribution is 5.62. The van der Waals surface area contributed by atoms with Gasteiger partial charge in [0.15, 0.2) is 5.79 Å². The van der Waals surface area contributed by atoms with E-state index in [1.54, 1.807) is 6.08 Å². The molecule has 78 valence electrons. The maximum atomic E-state index is 11.0. The maximum Gasteiger partial charge on any atom is 0.168 e. The fourth-order valence-corrected chi connectivity index (χ4v) is 2.25. The van der Waals surface area contributed by atoms with E-state index in [4.69, 9.17) is 9.47 Å². The van der Waals surface area contributed by atoms with E-state index in [0.717, 1.165) is 32.0 Å².